The van der Waals surface area contributed by atoms with Crippen LogP contribution in [-0.2, 0) is 14.4 Å². The first-order chi connectivity index (χ1) is 10.9. The van der Waals surface area contributed by atoms with Crippen LogP contribution in [0.15, 0.2) is 18.2 Å². The lowest BCUT2D eigenvalue weighted by Gasteiger charge is -2.10. The molecule has 0 aliphatic heterocycles. The van der Waals surface area contributed by atoms with Crippen LogP contribution in [0, 0.1) is 6.92 Å². The third-order valence-electron chi connectivity index (χ3n) is 2.99. The van der Waals surface area contributed by atoms with Gasteiger partial charge in [-0.15, -0.1) is 0 Å². The summed E-state index contributed by atoms with van der Waals surface area (Å²) in [5.74, 6) is -1.03. The van der Waals surface area contributed by atoms with E-state index in [2.05, 4.69) is 10.6 Å². The van der Waals surface area contributed by atoms with Crippen LogP contribution in [0.4, 0.5) is 5.69 Å². The molecule has 7 heteroatoms. The molecule has 126 valence electrons. The van der Waals surface area contributed by atoms with Crippen molar-refractivity contribution in [3.05, 3.63) is 23.8 Å². The lowest BCUT2D eigenvalue weighted by Crippen LogP contribution is -2.25. The zero-order valence-corrected chi connectivity index (χ0v) is 13.3. The zero-order chi connectivity index (χ0) is 17.2. The minimum absolute atomic E-state index is 0.103. The van der Waals surface area contributed by atoms with Crippen molar-refractivity contribution in [1.29, 1.82) is 0 Å². The van der Waals surface area contributed by atoms with E-state index in [4.69, 9.17) is 9.84 Å². The van der Waals surface area contributed by atoms with Crippen molar-refractivity contribution in [3.8, 4) is 5.75 Å². The van der Waals surface area contributed by atoms with Gasteiger partial charge in [-0.05, 0) is 37.1 Å². The fourth-order valence-electron chi connectivity index (χ4n) is 1.80. The summed E-state index contributed by atoms with van der Waals surface area (Å²) < 4.78 is 5.06. The Morgan fingerprint density at radius 3 is 2.48 bits per heavy atom. The van der Waals surface area contributed by atoms with Gasteiger partial charge in [0.1, 0.15) is 5.75 Å². The maximum Gasteiger partial charge on any atom is 0.341 e. The van der Waals surface area contributed by atoms with Gasteiger partial charge in [-0.3, -0.25) is 9.59 Å². The monoisotopic (exact) mass is 322 g/mol. The van der Waals surface area contributed by atoms with Gasteiger partial charge >= 0.3 is 5.97 Å². The van der Waals surface area contributed by atoms with Crippen LogP contribution in [0.5, 0.6) is 5.75 Å². The topological polar surface area (TPSA) is 105 Å². The molecule has 0 atom stereocenters. The van der Waals surface area contributed by atoms with Crippen LogP contribution in [0.25, 0.3) is 0 Å². The number of rotatable bonds is 9. The number of nitrogens with one attached hydrogen (secondary N) is 2. The van der Waals surface area contributed by atoms with Gasteiger partial charge in [0.2, 0.25) is 11.8 Å². The summed E-state index contributed by atoms with van der Waals surface area (Å²) in [6, 6.07) is 4.87. The number of amides is 2. The summed E-state index contributed by atoms with van der Waals surface area (Å²) in [7, 11) is 0. The second-order valence-electron chi connectivity index (χ2n) is 5.06. The first-order valence-corrected chi connectivity index (χ1v) is 7.44. The highest BCUT2D eigenvalue weighted by atomic mass is 16.5. The highest BCUT2D eigenvalue weighted by molar-refractivity contribution is 5.93. The number of carbonyl (C=O) groups is 3. The summed E-state index contributed by atoms with van der Waals surface area (Å²) in [4.78, 5) is 33.7. The van der Waals surface area contributed by atoms with Crippen molar-refractivity contribution in [2.75, 3.05) is 18.5 Å². The Balaban J connectivity index is 2.48. The third-order valence-corrected chi connectivity index (χ3v) is 2.99. The van der Waals surface area contributed by atoms with Crippen molar-refractivity contribution in [2.45, 2.75) is 33.1 Å². The van der Waals surface area contributed by atoms with E-state index in [1.807, 2.05) is 6.92 Å². The number of hydrogen-bond acceptors (Lipinski definition) is 4. The van der Waals surface area contributed by atoms with Crippen LogP contribution in [0.3, 0.4) is 0 Å². The molecule has 0 aliphatic carbocycles. The van der Waals surface area contributed by atoms with Crippen molar-refractivity contribution in [1.82, 2.24) is 5.32 Å². The van der Waals surface area contributed by atoms with Gasteiger partial charge in [0.05, 0.1) is 0 Å². The predicted molar refractivity (Wildman–Crippen MR) is 85.5 cm³/mol. The Kier molecular flexibility index (Phi) is 7.59. The quantitative estimate of drug-likeness (QED) is 0.642. The number of carbonyl (C=O) groups excluding carboxylic acids is 2. The first kappa shape index (κ1) is 18.5. The molecule has 2 amide bonds. The second kappa shape index (κ2) is 9.45. The highest BCUT2D eigenvalue weighted by Crippen LogP contribution is 2.21. The molecule has 0 aromatic heterocycles. The van der Waals surface area contributed by atoms with Crippen LogP contribution in [-0.4, -0.2) is 36.0 Å². The number of aliphatic carboxylic acids is 1. The molecule has 23 heavy (non-hydrogen) atoms. The molecular formula is C16H22N2O5. The molecule has 1 rings (SSSR count). The lowest BCUT2D eigenvalue weighted by atomic mass is 10.2. The number of carboxylic acids is 1. The van der Waals surface area contributed by atoms with E-state index >= 15 is 0 Å². The molecule has 0 saturated carbocycles. The summed E-state index contributed by atoms with van der Waals surface area (Å²) in [5.41, 5.74) is 1.35. The Hall–Kier alpha value is -2.57. The summed E-state index contributed by atoms with van der Waals surface area (Å²) in [6.45, 7) is 3.92. The van der Waals surface area contributed by atoms with E-state index < -0.39 is 12.6 Å². The van der Waals surface area contributed by atoms with Crippen molar-refractivity contribution in [3.63, 3.8) is 0 Å². The second-order valence-corrected chi connectivity index (χ2v) is 5.06. The molecule has 1 aromatic carbocycles. The molecule has 0 bridgehead atoms. The van der Waals surface area contributed by atoms with Gasteiger partial charge in [-0.1, -0.05) is 6.92 Å². The van der Waals surface area contributed by atoms with E-state index in [0.717, 1.165) is 12.0 Å². The van der Waals surface area contributed by atoms with E-state index in [0.29, 0.717) is 18.0 Å². The molecule has 7 nitrogen and oxygen atoms in total. The Morgan fingerprint density at radius 1 is 1.17 bits per heavy atom. The molecule has 0 unspecified atom stereocenters. The normalized spacial score (nSPS) is 10.0. The van der Waals surface area contributed by atoms with E-state index in [-0.39, 0.29) is 24.7 Å². The standard InChI is InChI=1S/C16H22N2O5/c1-3-8-17-14(19)6-7-15(20)18-13-5-4-12(9-11(13)2)23-10-16(21)22/h4-5,9H,3,6-8,10H2,1-2H3,(H,17,19)(H,18,20)(H,21,22). The first-order valence-electron chi connectivity index (χ1n) is 7.44. The van der Waals surface area contributed by atoms with E-state index in [9.17, 15) is 14.4 Å². The Bertz CT molecular complexity index is 572. The molecule has 0 spiro atoms. The smallest absolute Gasteiger partial charge is 0.341 e. The largest absolute Gasteiger partial charge is 0.482 e. The zero-order valence-electron chi connectivity index (χ0n) is 13.3. The average Bonchev–Trinajstić information content (AvgIpc) is 2.51. The fourth-order valence-corrected chi connectivity index (χ4v) is 1.80. The Labute approximate surface area is 135 Å². The minimum atomic E-state index is -1.05. The summed E-state index contributed by atoms with van der Waals surface area (Å²) in [6.07, 6.45) is 1.10. The highest BCUT2D eigenvalue weighted by Gasteiger charge is 2.09. The van der Waals surface area contributed by atoms with Crippen molar-refractivity contribution in [2.24, 2.45) is 0 Å². The number of benzene rings is 1. The molecule has 1 aromatic rings. The number of carboxylic acid groups (broad SMARTS) is 1. The fraction of sp³-hybridized carbons (Fsp3) is 0.438. The maximum absolute atomic E-state index is 11.8. The van der Waals surface area contributed by atoms with Gasteiger partial charge in [-0.25, -0.2) is 4.79 Å². The van der Waals surface area contributed by atoms with Gasteiger partial charge in [0.15, 0.2) is 6.61 Å². The average molecular weight is 322 g/mol. The van der Waals surface area contributed by atoms with E-state index in [1.165, 1.54) is 0 Å². The molecule has 0 saturated heterocycles. The van der Waals surface area contributed by atoms with Gasteiger partial charge < -0.3 is 20.5 Å². The summed E-state index contributed by atoms with van der Waals surface area (Å²) in [5, 5.41) is 14.0. The SMILES string of the molecule is CCCNC(=O)CCC(=O)Nc1ccc(OCC(=O)O)cc1C. The van der Waals surface area contributed by atoms with Crippen molar-refractivity contribution < 1.29 is 24.2 Å². The van der Waals surface area contributed by atoms with Crippen LogP contribution in [0.1, 0.15) is 31.7 Å². The maximum atomic E-state index is 11.8. The molecular weight excluding hydrogens is 300 g/mol. The summed E-state index contributed by atoms with van der Waals surface area (Å²) >= 11 is 0. The van der Waals surface area contributed by atoms with Gasteiger partial charge in [0.25, 0.3) is 0 Å². The molecule has 0 fully saturated rings. The van der Waals surface area contributed by atoms with Crippen LogP contribution >= 0.6 is 0 Å². The van der Waals surface area contributed by atoms with Crippen LogP contribution in [0.2, 0.25) is 0 Å². The number of ether oxygens (including phenoxy) is 1. The molecule has 3 N–H and O–H groups in total. The van der Waals surface area contributed by atoms with E-state index in [1.54, 1.807) is 25.1 Å². The third kappa shape index (κ3) is 7.30. The predicted octanol–water partition coefficient (Wildman–Crippen LogP) is 1.70. The van der Waals surface area contributed by atoms with Gasteiger partial charge in [-0.2, -0.15) is 0 Å². The molecule has 0 radical (unpaired) electrons. The number of hydrogen-bond donors (Lipinski definition) is 3. The molecule has 0 aliphatic rings. The lowest BCUT2D eigenvalue weighted by molar-refractivity contribution is -0.139. The molecule has 0 heterocycles. The minimum Gasteiger partial charge on any atom is -0.482 e. The number of aryl methyl sites for hydroxylation is 1. The van der Waals surface area contributed by atoms with Gasteiger partial charge in [0, 0.05) is 25.1 Å². The Morgan fingerprint density at radius 2 is 1.87 bits per heavy atom. The number of anilines is 1. The van der Waals surface area contributed by atoms with Crippen molar-refractivity contribution >= 4 is 23.5 Å². The van der Waals surface area contributed by atoms with Crippen LogP contribution < -0.4 is 15.4 Å².